The maximum atomic E-state index is 5.24. The Bertz CT molecular complexity index is 759. The second-order valence-corrected chi connectivity index (χ2v) is 7.16. The fraction of sp³-hybridized carbons (Fsp3) is 0.500. The van der Waals surface area contributed by atoms with Gasteiger partial charge in [-0.25, -0.2) is 0 Å². The van der Waals surface area contributed by atoms with Crippen molar-refractivity contribution in [1.82, 2.24) is 20.4 Å². The first kappa shape index (κ1) is 19.8. The van der Waals surface area contributed by atoms with E-state index in [2.05, 4.69) is 53.6 Å². The molecular weight excluding hydrogens is 326 g/mol. The van der Waals surface area contributed by atoms with Crippen LogP contribution in [-0.4, -0.2) is 36.4 Å². The molecule has 2 N–H and O–H groups in total. The van der Waals surface area contributed by atoms with Gasteiger partial charge in [0.25, 0.3) is 0 Å². The number of ether oxygens (including phenoxy) is 1. The zero-order chi connectivity index (χ0) is 19.3. The van der Waals surface area contributed by atoms with Gasteiger partial charge >= 0.3 is 0 Å². The SMILES string of the molecule is CN=C(NCc1c(C)nn(C)c1C)NCC(C)(C)c1ccc(OC)cc1. The van der Waals surface area contributed by atoms with Crippen LogP contribution in [0.3, 0.4) is 0 Å². The summed E-state index contributed by atoms with van der Waals surface area (Å²) in [5, 5.41) is 11.3. The molecule has 0 amide bonds. The molecule has 0 aliphatic rings. The minimum Gasteiger partial charge on any atom is -0.497 e. The van der Waals surface area contributed by atoms with Crippen molar-refractivity contribution < 1.29 is 4.74 Å². The Balaban J connectivity index is 1.96. The number of guanidine groups is 1. The molecule has 0 spiro atoms. The molecule has 0 aliphatic carbocycles. The molecule has 1 heterocycles. The van der Waals surface area contributed by atoms with Crippen molar-refractivity contribution in [2.75, 3.05) is 20.7 Å². The van der Waals surface area contributed by atoms with Crippen LogP contribution in [-0.2, 0) is 19.0 Å². The van der Waals surface area contributed by atoms with Crippen LogP contribution in [0.15, 0.2) is 29.3 Å². The van der Waals surface area contributed by atoms with Crippen molar-refractivity contribution in [3.63, 3.8) is 0 Å². The molecule has 0 fully saturated rings. The highest BCUT2D eigenvalue weighted by molar-refractivity contribution is 5.79. The first-order chi connectivity index (χ1) is 12.3. The van der Waals surface area contributed by atoms with E-state index in [0.29, 0.717) is 6.54 Å². The molecule has 2 rings (SSSR count). The Morgan fingerprint density at radius 2 is 1.85 bits per heavy atom. The average molecular weight is 358 g/mol. The monoisotopic (exact) mass is 357 g/mol. The third kappa shape index (κ3) is 4.56. The molecule has 0 atom stereocenters. The minimum atomic E-state index is -0.0377. The van der Waals surface area contributed by atoms with Gasteiger partial charge in [0.05, 0.1) is 12.8 Å². The molecule has 0 saturated carbocycles. The molecule has 1 aromatic heterocycles. The van der Waals surface area contributed by atoms with Crippen LogP contribution in [0.4, 0.5) is 0 Å². The van der Waals surface area contributed by atoms with Crippen LogP contribution in [0.2, 0.25) is 0 Å². The Labute approximate surface area is 156 Å². The second kappa shape index (κ2) is 8.25. The maximum absolute atomic E-state index is 5.24. The average Bonchev–Trinajstić information content (AvgIpc) is 2.87. The summed E-state index contributed by atoms with van der Waals surface area (Å²) in [6, 6.07) is 8.22. The highest BCUT2D eigenvalue weighted by Gasteiger charge is 2.21. The van der Waals surface area contributed by atoms with Gasteiger partial charge in [-0.3, -0.25) is 9.67 Å². The van der Waals surface area contributed by atoms with E-state index < -0.39 is 0 Å². The van der Waals surface area contributed by atoms with E-state index in [-0.39, 0.29) is 5.41 Å². The van der Waals surface area contributed by atoms with Crippen LogP contribution >= 0.6 is 0 Å². The van der Waals surface area contributed by atoms with Crippen molar-refractivity contribution in [3.8, 4) is 5.75 Å². The van der Waals surface area contributed by atoms with Gasteiger partial charge in [0, 0.05) is 43.9 Å². The normalized spacial score (nSPS) is 12.2. The summed E-state index contributed by atoms with van der Waals surface area (Å²) < 4.78 is 7.15. The molecule has 0 saturated heterocycles. The van der Waals surface area contributed by atoms with Gasteiger partial charge in [-0.1, -0.05) is 26.0 Å². The van der Waals surface area contributed by atoms with E-state index in [0.717, 1.165) is 23.9 Å². The number of nitrogens with one attached hydrogen (secondary N) is 2. The predicted molar refractivity (Wildman–Crippen MR) is 107 cm³/mol. The van der Waals surface area contributed by atoms with Crippen LogP contribution < -0.4 is 15.4 Å². The molecule has 0 aliphatic heterocycles. The number of aliphatic imine (C=N–C) groups is 1. The number of rotatable bonds is 6. The molecule has 6 heteroatoms. The van der Waals surface area contributed by atoms with Crippen LogP contribution in [0.25, 0.3) is 0 Å². The van der Waals surface area contributed by atoms with Crippen LogP contribution in [0.1, 0.15) is 36.4 Å². The standard InChI is InChI=1S/C20H31N5O/c1-14-18(15(2)25(6)24-14)12-22-19(21-5)23-13-20(3,4)16-8-10-17(26-7)11-9-16/h8-11H,12-13H2,1-7H3,(H2,21,22,23). The summed E-state index contributed by atoms with van der Waals surface area (Å²) >= 11 is 0. The van der Waals surface area contributed by atoms with Gasteiger partial charge in [0.15, 0.2) is 5.96 Å². The Hall–Kier alpha value is -2.50. The molecule has 0 radical (unpaired) electrons. The van der Waals surface area contributed by atoms with E-state index in [4.69, 9.17) is 4.74 Å². The lowest BCUT2D eigenvalue weighted by atomic mass is 9.84. The molecular formula is C20H31N5O. The zero-order valence-electron chi connectivity index (χ0n) is 17.0. The second-order valence-electron chi connectivity index (χ2n) is 7.16. The van der Waals surface area contributed by atoms with E-state index in [1.165, 1.54) is 16.8 Å². The van der Waals surface area contributed by atoms with Crippen molar-refractivity contribution in [1.29, 1.82) is 0 Å². The largest absolute Gasteiger partial charge is 0.497 e. The number of hydrogen-bond donors (Lipinski definition) is 2. The number of aryl methyl sites for hydroxylation is 2. The van der Waals surface area contributed by atoms with Gasteiger partial charge in [-0.05, 0) is 31.5 Å². The smallest absolute Gasteiger partial charge is 0.191 e. The summed E-state index contributed by atoms with van der Waals surface area (Å²) in [7, 11) is 5.44. The van der Waals surface area contributed by atoms with Gasteiger partial charge in [-0.2, -0.15) is 5.10 Å². The van der Waals surface area contributed by atoms with Gasteiger partial charge in [0.1, 0.15) is 5.75 Å². The summed E-state index contributed by atoms with van der Waals surface area (Å²) in [5.41, 5.74) is 4.64. The van der Waals surface area contributed by atoms with E-state index in [1.807, 2.05) is 30.8 Å². The lowest BCUT2D eigenvalue weighted by Crippen LogP contribution is -2.43. The molecule has 0 bridgehead atoms. The fourth-order valence-electron chi connectivity index (χ4n) is 2.91. The van der Waals surface area contributed by atoms with Crippen molar-refractivity contribution in [2.45, 2.75) is 39.7 Å². The Morgan fingerprint density at radius 3 is 2.35 bits per heavy atom. The van der Waals surface area contributed by atoms with Crippen molar-refractivity contribution >= 4 is 5.96 Å². The van der Waals surface area contributed by atoms with Crippen LogP contribution in [0.5, 0.6) is 5.75 Å². The first-order valence-electron chi connectivity index (χ1n) is 8.86. The summed E-state index contributed by atoms with van der Waals surface area (Å²) in [5.74, 6) is 1.66. The molecule has 1 aromatic carbocycles. The third-order valence-electron chi connectivity index (χ3n) is 4.88. The quantitative estimate of drug-likeness (QED) is 0.616. The van der Waals surface area contributed by atoms with E-state index in [9.17, 15) is 0 Å². The number of hydrogen-bond acceptors (Lipinski definition) is 3. The van der Waals surface area contributed by atoms with Crippen molar-refractivity contribution in [3.05, 3.63) is 46.8 Å². The first-order valence-corrected chi connectivity index (χ1v) is 8.86. The summed E-state index contributed by atoms with van der Waals surface area (Å²) in [6.45, 7) is 10.0. The number of benzene rings is 1. The Morgan fingerprint density at radius 1 is 1.19 bits per heavy atom. The highest BCUT2D eigenvalue weighted by Crippen LogP contribution is 2.24. The fourth-order valence-corrected chi connectivity index (χ4v) is 2.91. The topological polar surface area (TPSA) is 63.5 Å². The molecule has 26 heavy (non-hydrogen) atoms. The number of aromatic nitrogens is 2. The molecule has 0 unspecified atom stereocenters. The lowest BCUT2D eigenvalue weighted by molar-refractivity contribution is 0.414. The van der Waals surface area contributed by atoms with Gasteiger partial charge < -0.3 is 15.4 Å². The maximum Gasteiger partial charge on any atom is 0.191 e. The van der Waals surface area contributed by atoms with Crippen LogP contribution in [0, 0.1) is 13.8 Å². The predicted octanol–water partition coefficient (Wildman–Crippen LogP) is 2.69. The number of methoxy groups -OCH3 is 1. The zero-order valence-corrected chi connectivity index (χ0v) is 17.0. The Kier molecular flexibility index (Phi) is 6.29. The van der Waals surface area contributed by atoms with Gasteiger partial charge in [0.2, 0.25) is 0 Å². The summed E-state index contributed by atoms with van der Waals surface area (Å²) in [4.78, 5) is 4.34. The van der Waals surface area contributed by atoms with E-state index in [1.54, 1.807) is 14.2 Å². The third-order valence-corrected chi connectivity index (χ3v) is 4.88. The molecule has 2 aromatic rings. The highest BCUT2D eigenvalue weighted by atomic mass is 16.5. The lowest BCUT2D eigenvalue weighted by Gasteiger charge is -2.27. The van der Waals surface area contributed by atoms with Crippen molar-refractivity contribution in [2.24, 2.45) is 12.0 Å². The minimum absolute atomic E-state index is 0.0377. The number of nitrogens with zero attached hydrogens (tertiary/aromatic N) is 3. The van der Waals surface area contributed by atoms with E-state index >= 15 is 0 Å². The molecule has 6 nitrogen and oxygen atoms in total. The summed E-state index contributed by atoms with van der Waals surface area (Å²) in [6.07, 6.45) is 0. The molecule has 142 valence electrons. The van der Waals surface area contributed by atoms with Gasteiger partial charge in [-0.15, -0.1) is 0 Å².